The molecule has 1 aromatic carbocycles. The number of nitro groups is 1. The topological polar surface area (TPSA) is 95.5 Å². The van der Waals surface area contributed by atoms with E-state index in [0.29, 0.717) is 17.7 Å². The Morgan fingerprint density at radius 3 is 2.59 bits per heavy atom. The Balaban J connectivity index is 2.24. The first-order valence-electron chi connectivity index (χ1n) is 9.76. The van der Waals surface area contributed by atoms with Crippen LogP contribution in [0, 0.1) is 21.4 Å². The van der Waals surface area contributed by atoms with E-state index in [1.54, 1.807) is 0 Å². The van der Waals surface area contributed by atoms with E-state index < -0.39 is 5.41 Å². The zero-order valence-electron chi connectivity index (χ0n) is 16.9. The molecule has 3 rings (SSSR count). The number of rotatable bonds is 3. The van der Waals surface area contributed by atoms with Crippen molar-refractivity contribution in [1.82, 2.24) is 0 Å². The maximum atomic E-state index is 12.6. The van der Waals surface area contributed by atoms with Crippen molar-refractivity contribution in [3.8, 4) is 0 Å². The molecule has 0 spiro atoms. The van der Waals surface area contributed by atoms with Crippen LogP contribution in [0.4, 0.5) is 11.4 Å². The molecule has 1 saturated carbocycles. The number of nitrogen functional groups attached to an aromatic ring is 1. The highest BCUT2D eigenvalue weighted by Gasteiger charge is 2.56. The van der Waals surface area contributed by atoms with E-state index in [-0.39, 0.29) is 33.8 Å². The zero-order valence-corrected chi connectivity index (χ0v) is 16.9. The summed E-state index contributed by atoms with van der Waals surface area (Å²) in [5.74, 6) is -0.112. The van der Waals surface area contributed by atoms with Crippen molar-refractivity contribution in [2.24, 2.45) is 11.3 Å². The summed E-state index contributed by atoms with van der Waals surface area (Å²) >= 11 is 0. The first-order chi connectivity index (χ1) is 12.6. The van der Waals surface area contributed by atoms with Crippen LogP contribution in [-0.2, 0) is 21.4 Å². The second-order valence-corrected chi connectivity index (χ2v) is 8.94. The van der Waals surface area contributed by atoms with Crippen molar-refractivity contribution >= 4 is 17.3 Å². The van der Waals surface area contributed by atoms with Gasteiger partial charge in [0.15, 0.2) is 0 Å². The summed E-state index contributed by atoms with van der Waals surface area (Å²) < 4.78 is 5.14. The molecule has 2 aliphatic rings. The predicted molar refractivity (Wildman–Crippen MR) is 105 cm³/mol. The fourth-order valence-electron chi connectivity index (χ4n) is 5.93. The average Bonchev–Trinajstić information content (AvgIpc) is 2.59. The summed E-state index contributed by atoms with van der Waals surface area (Å²) in [6.45, 7) is 8.01. The monoisotopic (exact) mass is 374 g/mol. The minimum Gasteiger partial charge on any atom is -0.469 e. The van der Waals surface area contributed by atoms with Gasteiger partial charge in [-0.1, -0.05) is 27.2 Å². The van der Waals surface area contributed by atoms with Crippen LogP contribution in [0.5, 0.6) is 0 Å². The minimum absolute atomic E-state index is 0.0204. The number of nitrogens with two attached hydrogens (primary N) is 1. The first kappa shape index (κ1) is 19.6. The minimum atomic E-state index is -0.570. The van der Waals surface area contributed by atoms with Crippen LogP contribution in [0.1, 0.15) is 76.0 Å². The quantitative estimate of drug-likeness (QED) is 0.364. The van der Waals surface area contributed by atoms with E-state index in [1.165, 1.54) is 7.11 Å². The molecule has 3 atom stereocenters. The first-order valence-corrected chi connectivity index (χ1v) is 9.76. The second kappa shape index (κ2) is 6.50. The van der Waals surface area contributed by atoms with Crippen LogP contribution in [0.25, 0.3) is 0 Å². The maximum Gasteiger partial charge on any atom is 0.311 e. The van der Waals surface area contributed by atoms with Gasteiger partial charge in [-0.05, 0) is 61.5 Å². The van der Waals surface area contributed by atoms with Crippen molar-refractivity contribution in [2.45, 2.75) is 71.1 Å². The van der Waals surface area contributed by atoms with Gasteiger partial charge in [0.05, 0.1) is 23.0 Å². The lowest BCUT2D eigenvalue weighted by Crippen LogP contribution is -2.52. The van der Waals surface area contributed by atoms with Crippen LogP contribution >= 0.6 is 0 Å². The molecule has 0 bridgehead atoms. The van der Waals surface area contributed by atoms with Crippen molar-refractivity contribution in [3.63, 3.8) is 0 Å². The molecule has 0 heterocycles. The molecular weight excluding hydrogens is 344 g/mol. The molecule has 2 N–H and O–H groups in total. The summed E-state index contributed by atoms with van der Waals surface area (Å²) in [5.41, 5.74) is 8.51. The Labute approximate surface area is 160 Å². The number of fused-ring (bicyclic) bond motifs is 3. The number of hydrogen-bond acceptors (Lipinski definition) is 5. The van der Waals surface area contributed by atoms with Gasteiger partial charge < -0.3 is 10.5 Å². The normalized spacial score (nSPS) is 29.8. The molecule has 0 radical (unpaired) electrons. The second-order valence-electron chi connectivity index (χ2n) is 8.94. The molecule has 0 aromatic heterocycles. The summed E-state index contributed by atoms with van der Waals surface area (Å²) in [5, 5.41) is 12.0. The van der Waals surface area contributed by atoms with Crippen molar-refractivity contribution < 1.29 is 14.5 Å². The van der Waals surface area contributed by atoms with Gasteiger partial charge in [0.2, 0.25) is 0 Å². The smallest absolute Gasteiger partial charge is 0.311 e. The van der Waals surface area contributed by atoms with Gasteiger partial charge in [0.25, 0.3) is 5.69 Å². The highest BCUT2D eigenvalue weighted by Crippen LogP contribution is 2.59. The van der Waals surface area contributed by atoms with E-state index in [2.05, 4.69) is 6.92 Å². The highest BCUT2D eigenvalue weighted by molar-refractivity contribution is 5.78. The number of nitrogens with zero attached hydrogens (tertiary/aromatic N) is 1. The molecule has 0 aliphatic heterocycles. The van der Waals surface area contributed by atoms with E-state index in [4.69, 9.17) is 10.5 Å². The van der Waals surface area contributed by atoms with Crippen LogP contribution in [0.3, 0.4) is 0 Å². The fraction of sp³-hybridized carbons (Fsp3) is 0.667. The lowest BCUT2D eigenvalue weighted by molar-refractivity contribution is -0.386. The third kappa shape index (κ3) is 2.72. The standard InChI is InChI=1S/C21H30N2O4/c1-12(2)17-15(22)11-14-13(18(17)23(25)26)7-8-16-20(14,3)9-6-10-21(16,4)19(24)27-5/h11-12,16H,6-10,22H2,1-5H3/t16-,20-,21-/m1/s1. The van der Waals surface area contributed by atoms with E-state index >= 15 is 0 Å². The lowest BCUT2D eigenvalue weighted by Gasteiger charge is -2.53. The molecule has 6 nitrogen and oxygen atoms in total. The molecule has 27 heavy (non-hydrogen) atoms. The number of nitro benzene ring substituents is 1. The van der Waals surface area contributed by atoms with Gasteiger partial charge in [-0.3, -0.25) is 14.9 Å². The van der Waals surface area contributed by atoms with Gasteiger partial charge in [0, 0.05) is 11.3 Å². The molecule has 6 heteroatoms. The fourth-order valence-corrected chi connectivity index (χ4v) is 5.93. The Bertz CT molecular complexity index is 804. The molecule has 0 saturated heterocycles. The Morgan fingerprint density at radius 2 is 2.04 bits per heavy atom. The lowest BCUT2D eigenvalue weighted by atomic mass is 9.49. The summed E-state index contributed by atoms with van der Waals surface area (Å²) in [7, 11) is 1.44. The van der Waals surface area contributed by atoms with Crippen molar-refractivity contribution in [3.05, 3.63) is 32.9 Å². The van der Waals surface area contributed by atoms with E-state index in [9.17, 15) is 14.9 Å². The van der Waals surface area contributed by atoms with Gasteiger partial charge in [0.1, 0.15) is 0 Å². The third-order valence-electron chi connectivity index (χ3n) is 7.12. The number of carbonyl (C=O) groups is 1. The number of methoxy groups -OCH3 is 1. The van der Waals surface area contributed by atoms with Crippen LogP contribution in [-0.4, -0.2) is 18.0 Å². The molecule has 0 unspecified atom stereocenters. The molecule has 1 aromatic rings. The van der Waals surface area contributed by atoms with Crippen molar-refractivity contribution in [1.29, 1.82) is 0 Å². The molecule has 0 amide bonds. The van der Waals surface area contributed by atoms with Gasteiger partial charge in [-0.15, -0.1) is 0 Å². The molecule has 1 fully saturated rings. The Morgan fingerprint density at radius 1 is 1.37 bits per heavy atom. The van der Waals surface area contributed by atoms with Gasteiger partial charge in [-0.25, -0.2) is 0 Å². The predicted octanol–water partition coefficient (Wildman–Crippen LogP) is 4.48. The number of anilines is 1. The highest BCUT2D eigenvalue weighted by atomic mass is 16.6. The Hall–Kier alpha value is -2.11. The van der Waals surface area contributed by atoms with Crippen molar-refractivity contribution in [2.75, 3.05) is 12.8 Å². The van der Waals surface area contributed by atoms with Gasteiger partial charge >= 0.3 is 5.97 Å². The van der Waals surface area contributed by atoms with E-state index in [0.717, 1.165) is 36.8 Å². The summed E-state index contributed by atoms with van der Waals surface area (Å²) in [4.78, 5) is 24.3. The Kier molecular flexibility index (Phi) is 4.73. The molecule has 148 valence electrons. The van der Waals surface area contributed by atoms with Crippen LogP contribution < -0.4 is 5.73 Å². The zero-order chi connectivity index (χ0) is 20.1. The third-order valence-corrected chi connectivity index (χ3v) is 7.12. The average molecular weight is 374 g/mol. The molecule has 2 aliphatic carbocycles. The van der Waals surface area contributed by atoms with Gasteiger partial charge in [-0.2, -0.15) is 0 Å². The number of esters is 1. The van der Waals surface area contributed by atoms with E-state index in [1.807, 2.05) is 26.8 Å². The number of carbonyl (C=O) groups excluding carboxylic acids is 1. The summed E-state index contributed by atoms with van der Waals surface area (Å²) in [6.07, 6.45) is 3.92. The molecular formula is C21H30N2O4. The number of ether oxygens (including phenoxy) is 1. The largest absolute Gasteiger partial charge is 0.469 e. The maximum absolute atomic E-state index is 12.6. The number of benzene rings is 1. The number of hydrogen-bond donors (Lipinski definition) is 1. The van der Waals surface area contributed by atoms with Crippen LogP contribution in [0.15, 0.2) is 6.07 Å². The SMILES string of the molecule is COC(=O)[C@]1(C)CCC[C@]2(C)c3cc(N)c(C(C)C)c([N+](=O)[O-])c3CC[C@@H]12. The van der Waals surface area contributed by atoms with Crippen LogP contribution in [0.2, 0.25) is 0 Å². The summed E-state index contributed by atoms with van der Waals surface area (Å²) in [6, 6.07) is 1.95.